The van der Waals surface area contributed by atoms with Crippen LogP contribution < -0.4 is 11.5 Å². The van der Waals surface area contributed by atoms with Crippen LogP contribution in [0.15, 0.2) is 0 Å². The normalized spacial score (nSPS) is 15.9. The zero-order valence-corrected chi connectivity index (χ0v) is 12.1. The van der Waals surface area contributed by atoms with Crippen molar-refractivity contribution >= 4 is 12.1 Å². The molecule has 0 spiro atoms. The van der Waals surface area contributed by atoms with Crippen molar-refractivity contribution in [1.29, 1.82) is 5.41 Å². The van der Waals surface area contributed by atoms with Gasteiger partial charge in [0, 0.05) is 6.42 Å². The second-order valence-electron chi connectivity index (χ2n) is 4.34. The zero-order chi connectivity index (χ0) is 17.0. The van der Waals surface area contributed by atoms with E-state index in [0.29, 0.717) is 0 Å². The molecule has 0 bridgehead atoms. The van der Waals surface area contributed by atoms with E-state index in [4.69, 9.17) is 25.5 Å². The van der Waals surface area contributed by atoms with Gasteiger partial charge in [-0.25, -0.2) is 4.79 Å². The third-order valence-corrected chi connectivity index (χ3v) is 2.06. The Morgan fingerprint density at radius 2 is 1.76 bits per heavy atom. The van der Waals surface area contributed by atoms with Gasteiger partial charge in [-0.15, -0.1) is 0 Å². The van der Waals surface area contributed by atoms with Crippen molar-refractivity contribution in [2.45, 2.75) is 44.7 Å². The Bertz CT molecular complexity index is 296. The van der Waals surface area contributed by atoms with Gasteiger partial charge in [-0.05, 0) is 13.8 Å². The first-order valence-electron chi connectivity index (χ1n) is 6.17. The number of carbonyl (C=O) groups is 1. The summed E-state index contributed by atoms with van der Waals surface area (Å²) in [6, 6.07) is 0. The van der Waals surface area contributed by atoms with E-state index < -0.39 is 30.6 Å². The fourth-order valence-electron chi connectivity index (χ4n) is 1.20. The lowest BCUT2D eigenvalue weighted by Crippen LogP contribution is -2.35. The highest BCUT2D eigenvalue weighted by Crippen LogP contribution is 2.11. The number of nitrogens with two attached hydrogens (primary N) is 2. The maximum atomic E-state index is 10.4. The van der Waals surface area contributed by atoms with Crippen LogP contribution in [0.2, 0.25) is 0 Å². The number of hydrogen-bond acceptors (Lipinski definition) is 7. The van der Waals surface area contributed by atoms with Gasteiger partial charge >= 0.3 is 6.16 Å². The van der Waals surface area contributed by atoms with Crippen molar-refractivity contribution in [3.05, 3.63) is 0 Å². The van der Waals surface area contributed by atoms with Gasteiger partial charge in [-0.3, -0.25) is 5.41 Å². The molecule has 0 aromatic rings. The summed E-state index contributed by atoms with van der Waals surface area (Å²) in [6.45, 7) is 2.58. The molecule has 0 radical (unpaired) electrons. The molecule has 0 heterocycles. The number of aliphatic hydroxyl groups is 3. The number of hydrogen-bond donors (Lipinski definition) is 7. The van der Waals surface area contributed by atoms with Crippen molar-refractivity contribution in [3.8, 4) is 0 Å². The van der Waals surface area contributed by atoms with E-state index in [2.05, 4.69) is 16.2 Å². The molecular weight excluding hydrogens is 286 g/mol. The molecule has 0 fully saturated rings. The van der Waals surface area contributed by atoms with Gasteiger partial charge in [-0.2, -0.15) is 0 Å². The number of rotatable bonds is 8. The number of nitrogens with one attached hydrogen (secondary N) is 1. The molecule has 0 saturated carbocycles. The molecule has 4 atom stereocenters. The smallest absolute Gasteiger partial charge is 0.450 e. The van der Waals surface area contributed by atoms with Gasteiger partial charge < -0.3 is 41.4 Å². The first kappa shape index (κ1) is 21.7. The van der Waals surface area contributed by atoms with Crippen molar-refractivity contribution in [2.75, 3.05) is 13.2 Å². The van der Waals surface area contributed by atoms with E-state index in [1.54, 1.807) is 0 Å². The summed E-state index contributed by atoms with van der Waals surface area (Å²) in [5.41, 5.74) is 8.94. The first-order valence-corrected chi connectivity index (χ1v) is 6.17. The fraction of sp³-hybridized carbons (Fsp3) is 0.818. The topological polar surface area (TPSA) is 192 Å². The molecule has 9 N–H and O–H groups in total. The monoisotopic (exact) mass is 311 g/mol. The SMILES string of the molecule is CC(O)COC(CO)CC(OC(=O)O)C(C)O.N=C(N)N. The fourth-order valence-corrected chi connectivity index (χ4v) is 1.20. The highest BCUT2D eigenvalue weighted by atomic mass is 16.7. The molecule has 10 nitrogen and oxygen atoms in total. The largest absolute Gasteiger partial charge is 0.506 e. The maximum Gasteiger partial charge on any atom is 0.506 e. The van der Waals surface area contributed by atoms with Crippen molar-refractivity contribution < 1.29 is 34.7 Å². The molecule has 0 aliphatic carbocycles. The zero-order valence-electron chi connectivity index (χ0n) is 12.1. The molecular formula is C11H25N3O7. The average molecular weight is 311 g/mol. The Morgan fingerprint density at radius 3 is 2.05 bits per heavy atom. The highest BCUT2D eigenvalue weighted by Gasteiger charge is 2.24. The predicted octanol–water partition coefficient (Wildman–Crippen LogP) is -1.58. The van der Waals surface area contributed by atoms with Crippen LogP contribution >= 0.6 is 0 Å². The maximum absolute atomic E-state index is 10.4. The Kier molecular flexibility index (Phi) is 12.5. The lowest BCUT2D eigenvalue weighted by molar-refractivity contribution is -0.0742. The Balaban J connectivity index is 0. The van der Waals surface area contributed by atoms with Gasteiger partial charge in [0.1, 0.15) is 6.10 Å². The van der Waals surface area contributed by atoms with E-state index in [0.717, 1.165) is 0 Å². The first-order chi connectivity index (χ1) is 9.59. The summed E-state index contributed by atoms with van der Waals surface area (Å²) >= 11 is 0. The molecule has 0 aliphatic heterocycles. The molecule has 0 aromatic heterocycles. The van der Waals surface area contributed by atoms with E-state index in [1.807, 2.05) is 0 Å². The van der Waals surface area contributed by atoms with Crippen LogP contribution in [0.5, 0.6) is 0 Å². The minimum atomic E-state index is -1.50. The third-order valence-electron chi connectivity index (χ3n) is 2.06. The van der Waals surface area contributed by atoms with Crippen LogP contribution in [0.1, 0.15) is 20.3 Å². The highest BCUT2D eigenvalue weighted by molar-refractivity contribution is 5.71. The summed E-state index contributed by atoms with van der Waals surface area (Å²) in [4.78, 5) is 10.4. The number of guanidine groups is 1. The van der Waals surface area contributed by atoms with Crippen LogP contribution in [0.3, 0.4) is 0 Å². The van der Waals surface area contributed by atoms with E-state index in [9.17, 15) is 9.90 Å². The minimum Gasteiger partial charge on any atom is -0.450 e. The van der Waals surface area contributed by atoms with Crippen molar-refractivity contribution in [1.82, 2.24) is 0 Å². The molecule has 0 rings (SSSR count). The molecule has 126 valence electrons. The Hall–Kier alpha value is -1.62. The van der Waals surface area contributed by atoms with Crippen LogP contribution in [0.4, 0.5) is 4.79 Å². The summed E-state index contributed by atoms with van der Waals surface area (Å²) in [7, 11) is 0. The minimum absolute atomic E-state index is 0.0187. The van der Waals surface area contributed by atoms with Gasteiger partial charge in [-0.1, -0.05) is 0 Å². The molecule has 0 amide bonds. The van der Waals surface area contributed by atoms with E-state index >= 15 is 0 Å². The van der Waals surface area contributed by atoms with Gasteiger partial charge in [0.2, 0.25) is 0 Å². The Morgan fingerprint density at radius 1 is 1.29 bits per heavy atom. The number of aliphatic hydroxyl groups excluding tert-OH is 3. The van der Waals surface area contributed by atoms with Crippen LogP contribution in [0, 0.1) is 5.41 Å². The van der Waals surface area contributed by atoms with Crippen LogP contribution in [-0.4, -0.2) is 70.2 Å². The van der Waals surface area contributed by atoms with Crippen molar-refractivity contribution in [3.63, 3.8) is 0 Å². The Labute approximate surface area is 122 Å². The second kappa shape index (κ2) is 12.1. The lowest BCUT2D eigenvalue weighted by Gasteiger charge is -2.24. The molecule has 21 heavy (non-hydrogen) atoms. The molecule has 4 unspecified atom stereocenters. The third kappa shape index (κ3) is 16.3. The van der Waals surface area contributed by atoms with Gasteiger partial charge in [0.15, 0.2) is 5.96 Å². The summed E-state index contributed by atoms with van der Waals surface area (Å²) in [6.07, 6.45) is -4.83. The molecule has 10 heteroatoms. The standard InChI is InChI=1S/C10H20O7.CH5N3/c1-6(12)5-16-8(4-11)3-9(7(2)13)17-10(14)15;2-1(3)4/h6-9,11-13H,3-5H2,1-2H3,(H,14,15);(H5,2,3,4). The van der Waals surface area contributed by atoms with E-state index in [1.165, 1.54) is 13.8 Å². The summed E-state index contributed by atoms with van der Waals surface area (Å²) in [5, 5.41) is 41.8. The summed E-state index contributed by atoms with van der Waals surface area (Å²) < 4.78 is 9.59. The van der Waals surface area contributed by atoms with Crippen molar-refractivity contribution in [2.24, 2.45) is 11.5 Å². The molecule has 0 saturated heterocycles. The van der Waals surface area contributed by atoms with E-state index in [-0.39, 0.29) is 25.6 Å². The second-order valence-corrected chi connectivity index (χ2v) is 4.34. The van der Waals surface area contributed by atoms with Gasteiger partial charge in [0.05, 0.1) is 31.5 Å². The predicted molar refractivity (Wildman–Crippen MR) is 73.8 cm³/mol. The molecule has 0 aliphatic rings. The average Bonchev–Trinajstić information content (AvgIpc) is 2.31. The molecule has 0 aromatic carbocycles. The lowest BCUT2D eigenvalue weighted by atomic mass is 10.1. The quantitative estimate of drug-likeness (QED) is 0.157. The summed E-state index contributed by atoms with van der Waals surface area (Å²) in [5.74, 6) is -0.333. The van der Waals surface area contributed by atoms with Crippen LogP contribution in [0.25, 0.3) is 0 Å². The van der Waals surface area contributed by atoms with Crippen LogP contribution in [-0.2, 0) is 9.47 Å². The van der Waals surface area contributed by atoms with Gasteiger partial charge in [0.25, 0.3) is 0 Å². The number of ether oxygens (including phenoxy) is 2. The number of carboxylic acid groups (broad SMARTS) is 1.